The average molecular weight is 259 g/mol. The molecule has 0 amide bonds. The average Bonchev–Trinajstić information content (AvgIpc) is 2.10. The fourth-order valence-corrected chi connectivity index (χ4v) is 2.06. The van der Waals surface area contributed by atoms with Crippen molar-refractivity contribution >= 4 is 28.6 Å². The van der Waals surface area contributed by atoms with Crippen LogP contribution in [0.15, 0.2) is 22.7 Å². The molecule has 0 N–H and O–H groups in total. The molecule has 0 radical (unpaired) electrons. The summed E-state index contributed by atoms with van der Waals surface area (Å²) in [5, 5.41) is 0. The summed E-state index contributed by atoms with van der Waals surface area (Å²) < 4.78 is 1.20. The minimum absolute atomic E-state index is 0.606. The molecule has 2 heteroatoms. The number of halogens is 1. The molecule has 0 saturated carbocycles. The van der Waals surface area contributed by atoms with Crippen LogP contribution in [0.1, 0.15) is 30.4 Å². The van der Waals surface area contributed by atoms with Gasteiger partial charge in [-0.05, 0) is 42.2 Å². The molecule has 0 saturated heterocycles. The summed E-state index contributed by atoms with van der Waals surface area (Å²) in [5.41, 5.74) is 2.69. The molecule has 0 spiro atoms. The van der Waals surface area contributed by atoms with Crippen molar-refractivity contribution in [1.29, 1.82) is 0 Å². The maximum atomic E-state index is 4.24. The highest BCUT2D eigenvalue weighted by atomic mass is 79.9. The molecule has 1 aromatic rings. The molecule has 13 heavy (non-hydrogen) atoms. The Labute approximate surface area is 94.3 Å². The number of rotatable bonds is 3. The van der Waals surface area contributed by atoms with E-state index in [1.807, 2.05) is 0 Å². The van der Waals surface area contributed by atoms with E-state index in [-0.39, 0.29) is 0 Å². The van der Waals surface area contributed by atoms with Gasteiger partial charge in [-0.15, -0.1) is 0 Å². The molecule has 1 rings (SSSR count). The topological polar surface area (TPSA) is 0 Å². The fraction of sp³-hybridized carbons (Fsp3) is 0.455. The Bertz CT molecular complexity index is 283. The molecule has 0 nitrogen and oxygen atoms in total. The Balaban J connectivity index is 2.84. The Morgan fingerprint density at radius 1 is 1.46 bits per heavy atom. The van der Waals surface area contributed by atoms with Gasteiger partial charge in [-0.2, -0.15) is 12.6 Å². The summed E-state index contributed by atoms with van der Waals surface area (Å²) in [6.07, 6.45) is 1.14. The maximum absolute atomic E-state index is 4.24. The molecule has 0 aromatic heterocycles. The van der Waals surface area contributed by atoms with Crippen molar-refractivity contribution in [1.82, 2.24) is 0 Å². The molecular formula is C11H15BrS. The van der Waals surface area contributed by atoms with Crippen molar-refractivity contribution in [2.75, 3.05) is 5.75 Å². The van der Waals surface area contributed by atoms with Crippen LogP contribution in [0, 0.1) is 6.92 Å². The SMILES string of the molecule is Cc1ccc(C(C)CCS)cc1Br. The van der Waals surface area contributed by atoms with Crippen molar-refractivity contribution in [2.45, 2.75) is 26.2 Å². The minimum Gasteiger partial charge on any atom is -0.179 e. The predicted molar refractivity (Wildman–Crippen MR) is 65.8 cm³/mol. The van der Waals surface area contributed by atoms with Crippen LogP contribution < -0.4 is 0 Å². The summed E-state index contributed by atoms with van der Waals surface area (Å²) >= 11 is 7.79. The monoisotopic (exact) mass is 258 g/mol. The van der Waals surface area contributed by atoms with Crippen LogP contribution >= 0.6 is 28.6 Å². The maximum Gasteiger partial charge on any atom is 0.0207 e. The van der Waals surface area contributed by atoms with E-state index in [9.17, 15) is 0 Å². The molecule has 0 aliphatic carbocycles. The first-order valence-electron chi connectivity index (χ1n) is 4.52. The molecule has 1 aromatic carbocycles. The lowest BCUT2D eigenvalue weighted by atomic mass is 9.98. The summed E-state index contributed by atoms with van der Waals surface area (Å²) in [6.45, 7) is 4.35. The van der Waals surface area contributed by atoms with Gasteiger partial charge < -0.3 is 0 Å². The van der Waals surface area contributed by atoms with Crippen molar-refractivity contribution < 1.29 is 0 Å². The van der Waals surface area contributed by atoms with Gasteiger partial charge in [0.25, 0.3) is 0 Å². The van der Waals surface area contributed by atoms with Crippen molar-refractivity contribution in [3.63, 3.8) is 0 Å². The van der Waals surface area contributed by atoms with Gasteiger partial charge in [0.2, 0.25) is 0 Å². The number of thiol groups is 1. The number of hydrogen-bond donors (Lipinski definition) is 1. The Kier molecular flexibility index (Phi) is 4.33. The van der Waals surface area contributed by atoms with Crippen LogP contribution in [0.5, 0.6) is 0 Å². The smallest absolute Gasteiger partial charge is 0.0207 e. The van der Waals surface area contributed by atoms with E-state index in [1.54, 1.807) is 0 Å². The quantitative estimate of drug-likeness (QED) is 0.773. The van der Waals surface area contributed by atoms with Crippen molar-refractivity contribution in [2.24, 2.45) is 0 Å². The van der Waals surface area contributed by atoms with Gasteiger partial charge in [0.05, 0.1) is 0 Å². The lowest BCUT2D eigenvalue weighted by Gasteiger charge is -2.11. The molecule has 0 aliphatic heterocycles. The molecule has 0 aliphatic rings. The normalized spacial score (nSPS) is 12.9. The first-order chi connectivity index (χ1) is 6.15. The van der Waals surface area contributed by atoms with Crippen LogP contribution in [0.3, 0.4) is 0 Å². The fourth-order valence-electron chi connectivity index (χ4n) is 1.28. The lowest BCUT2D eigenvalue weighted by Crippen LogP contribution is -1.94. The third kappa shape index (κ3) is 3.03. The largest absolute Gasteiger partial charge is 0.179 e. The van der Waals surface area contributed by atoms with Gasteiger partial charge in [-0.1, -0.05) is 35.0 Å². The number of benzene rings is 1. The molecule has 0 bridgehead atoms. The van der Waals surface area contributed by atoms with Gasteiger partial charge in [-0.3, -0.25) is 0 Å². The summed E-state index contributed by atoms with van der Waals surface area (Å²) in [6, 6.07) is 6.58. The van der Waals surface area contributed by atoms with Crippen molar-refractivity contribution in [3.8, 4) is 0 Å². The lowest BCUT2D eigenvalue weighted by molar-refractivity contribution is 0.741. The molecular weight excluding hydrogens is 244 g/mol. The van der Waals surface area contributed by atoms with Gasteiger partial charge >= 0.3 is 0 Å². The molecule has 0 fully saturated rings. The zero-order chi connectivity index (χ0) is 9.84. The van der Waals surface area contributed by atoms with Gasteiger partial charge in [0, 0.05) is 4.47 Å². The third-order valence-corrected chi connectivity index (χ3v) is 3.44. The molecule has 1 unspecified atom stereocenters. The van der Waals surface area contributed by atoms with E-state index >= 15 is 0 Å². The third-order valence-electron chi connectivity index (χ3n) is 2.33. The minimum atomic E-state index is 0.606. The highest BCUT2D eigenvalue weighted by molar-refractivity contribution is 9.10. The second kappa shape index (κ2) is 5.06. The van der Waals surface area contributed by atoms with Gasteiger partial charge in [-0.25, -0.2) is 0 Å². The summed E-state index contributed by atoms with van der Waals surface area (Å²) in [7, 11) is 0. The number of aryl methyl sites for hydroxylation is 1. The summed E-state index contributed by atoms with van der Waals surface area (Å²) in [4.78, 5) is 0. The zero-order valence-electron chi connectivity index (χ0n) is 8.05. The standard InChI is InChI=1S/C11H15BrS/c1-8(5-6-13)10-4-3-9(2)11(12)7-10/h3-4,7-8,13H,5-6H2,1-2H3. The second-order valence-corrected chi connectivity index (χ2v) is 4.72. The second-order valence-electron chi connectivity index (χ2n) is 3.42. The highest BCUT2D eigenvalue weighted by Crippen LogP contribution is 2.24. The van der Waals surface area contributed by atoms with Gasteiger partial charge in [0.1, 0.15) is 0 Å². The van der Waals surface area contributed by atoms with Crippen LogP contribution in [-0.4, -0.2) is 5.75 Å². The van der Waals surface area contributed by atoms with Crippen molar-refractivity contribution in [3.05, 3.63) is 33.8 Å². The Morgan fingerprint density at radius 3 is 2.69 bits per heavy atom. The van der Waals surface area contributed by atoms with E-state index in [1.165, 1.54) is 15.6 Å². The molecule has 1 atom stereocenters. The van der Waals surface area contributed by atoms with Crippen LogP contribution in [0.4, 0.5) is 0 Å². The van der Waals surface area contributed by atoms with Crippen LogP contribution in [0.2, 0.25) is 0 Å². The molecule has 0 heterocycles. The van der Waals surface area contributed by atoms with E-state index in [2.05, 4.69) is 60.6 Å². The first kappa shape index (κ1) is 11.1. The van der Waals surface area contributed by atoms with Crippen LogP contribution in [-0.2, 0) is 0 Å². The zero-order valence-corrected chi connectivity index (χ0v) is 10.5. The van der Waals surface area contributed by atoms with Crippen LogP contribution in [0.25, 0.3) is 0 Å². The Hall–Kier alpha value is 0.0500. The van der Waals surface area contributed by atoms with E-state index in [0.717, 1.165) is 12.2 Å². The Morgan fingerprint density at radius 2 is 2.15 bits per heavy atom. The summed E-state index contributed by atoms with van der Waals surface area (Å²) in [5.74, 6) is 1.56. The van der Waals surface area contributed by atoms with E-state index in [0.29, 0.717) is 5.92 Å². The predicted octanol–water partition coefficient (Wildman–Crippen LogP) is 4.18. The first-order valence-corrected chi connectivity index (χ1v) is 5.94. The number of hydrogen-bond acceptors (Lipinski definition) is 1. The van der Waals surface area contributed by atoms with E-state index < -0.39 is 0 Å². The highest BCUT2D eigenvalue weighted by Gasteiger charge is 2.05. The van der Waals surface area contributed by atoms with E-state index in [4.69, 9.17) is 0 Å². The van der Waals surface area contributed by atoms with Gasteiger partial charge in [0.15, 0.2) is 0 Å². The molecule has 72 valence electrons.